The summed E-state index contributed by atoms with van der Waals surface area (Å²) >= 11 is 5.78. The van der Waals surface area contributed by atoms with Crippen molar-refractivity contribution in [2.75, 3.05) is 18.8 Å². The molecule has 1 aromatic rings. The Morgan fingerprint density at radius 2 is 1.86 bits per heavy atom. The van der Waals surface area contributed by atoms with Crippen LogP contribution in [-0.2, 0) is 4.74 Å². The summed E-state index contributed by atoms with van der Waals surface area (Å²) in [5.41, 5.74) is 5.83. The van der Waals surface area contributed by atoms with Gasteiger partial charge in [-0.25, -0.2) is 4.79 Å². The van der Waals surface area contributed by atoms with Crippen molar-refractivity contribution in [2.45, 2.75) is 26.4 Å². The summed E-state index contributed by atoms with van der Waals surface area (Å²) < 4.78 is 5.06. The van der Waals surface area contributed by atoms with Gasteiger partial charge in [-0.05, 0) is 39.0 Å². The molecule has 0 saturated carbocycles. The first-order valence-electron chi connectivity index (χ1n) is 6.49. The molecular weight excluding hydrogens is 294 g/mol. The van der Waals surface area contributed by atoms with Crippen molar-refractivity contribution in [2.24, 2.45) is 0 Å². The van der Waals surface area contributed by atoms with Crippen molar-refractivity contribution >= 4 is 29.3 Å². The number of carbonyl (C=O) groups is 2. The molecule has 1 aromatic carbocycles. The molecule has 0 aliphatic rings. The highest BCUT2D eigenvalue weighted by Crippen LogP contribution is 2.19. The van der Waals surface area contributed by atoms with Crippen LogP contribution in [0, 0.1) is 0 Å². The van der Waals surface area contributed by atoms with E-state index in [1.165, 1.54) is 6.07 Å². The number of carbonyl (C=O) groups excluding carboxylic acids is 2. The maximum absolute atomic E-state index is 11.8. The lowest BCUT2D eigenvalue weighted by atomic mass is 10.2. The largest absolute Gasteiger partial charge is 0.444 e. The van der Waals surface area contributed by atoms with E-state index in [2.05, 4.69) is 10.6 Å². The summed E-state index contributed by atoms with van der Waals surface area (Å²) in [4.78, 5) is 23.2. The molecule has 0 unspecified atom stereocenters. The minimum atomic E-state index is -0.547. The number of amides is 2. The molecule has 0 aromatic heterocycles. The van der Waals surface area contributed by atoms with Crippen LogP contribution in [0.1, 0.15) is 31.1 Å². The second kappa shape index (κ2) is 7.17. The van der Waals surface area contributed by atoms with E-state index < -0.39 is 11.7 Å². The Bertz CT molecular complexity index is 527. The van der Waals surface area contributed by atoms with Gasteiger partial charge in [-0.1, -0.05) is 11.6 Å². The zero-order valence-corrected chi connectivity index (χ0v) is 13.1. The van der Waals surface area contributed by atoms with Crippen LogP contribution < -0.4 is 16.4 Å². The second-order valence-electron chi connectivity index (χ2n) is 5.42. The SMILES string of the molecule is CC(C)(C)OC(=O)NCCNC(=O)c1ccc(Cl)c(N)c1. The second-order valence-corrected chi connectivity index (χ2v) is 5.83. The van der Waals surface area contributed by atoms with E-state index >= 15 is 0 Å². The topological polar surface area (TPSA) is 93.5 Å². The van der Waals surface area contributed by atoms with Gasteiger partial charge in [0.1, 0.15) is 5.60 Å². The van der Waals surface area contributed by atoms with Gasteiger partial charge in [-0.15, -0.1) is 0 Å². The molecule has 6 nitrogen and oxygen atoms in total. The molecule has 116 valence electrons. The number of anilines is 1. The Labute approximate surface area is 129 Å². The molecule has 7 heteroatoms. The first kappa shape index (κ1) is 17.1. The fraction of sp³-hybridized carbons (Fsp3) is 0.429. The summed E-state index contributed by atoms with van der Waals surface area (Å²) in [6.07, 6.45) is -0.521. The maximum atomic E-state index is 11.8. The van der Waals surface area contributed by atoms with Crippen LogP contribution in [0.4, 0.5) is 10.5 Å². The average molecular weight is 314 g/mol. The standard InChI is InChI=1S/C14H20ClN3O3/c1-14(2,3)21-13(20)18-7-6-17-12(19)9-4-5-10(15)11(16)8-9/h4-5,8H,6-7,16H2,1-3H3,(H,17,19)(H,18,20). The van der Waals surface area contributed by atoms with Crippen molar-refractivity contribution < 1.29 is 14.3 Å². The van der Waals surface area contributed by atoms with Crippen molar-refractivity contribution in [3.8, 4) is 0 Å². The molecule has 21 heavy (non-hydrogen) atoms. The number of ether oxygens (including phenoxy) is 1. The molecule has 0 saturated heterocycles. The van der Waals surface area contributed by atoms with Crippen molar-refractivity contribution in [1.29, 1.82) is 0 Å². The van der Waals surface area contributed by atoms with Gasteiger partial charge >= 0.3 is 6.09 Å². The Morgan fingerprint density at radius 3 is 2.43 bits per heavy atom. The number of benzene rings is 1. The molecule has 0 fully saturated rings. The third-order valence-electron chi connectivity index (χ3n) is 2.34. The van der Waals surface area contributed by atoms with Crippen LogP contribution in [0.2, 0.25) is 5.02 Å². The van der Waals surface area contributed by atoms with Crippen LogP contribution in [0.3, 0.4) is 0 Å². The van der Waals surface area contributed by atoms with Crippen molar-refractivity contribution in [3.63, 3.8) is 0 Å². The molecule has 2 amide bonds. The van der Waals surface area contributed by atoms with Crippen LogP contribution in [0.15, 0.2) is 18.2 Å². The molecule has 1 rings (SSSR count). The number of hydrogen-bond acceptors (Lipinski definition) is 4. The molecule has 4 N–H and O–H groups in total. The number of halogens is 1. The number of alkyl carbamates (subject to hydrolysis) is 1. The molecule has 0 atom stereocenters. The first-order chi connectivity index (χ1) is 9.69. The van der Waals surface area contributed by atoms with E-state index in [0.29, 0.717) is 16.3 Å². The molecule has 0 aliphatic carbocycles. The van der Waals surface area contributed by atoms with E-state index in [1.807, 2.05) is 0 Å². The third-order valence-corrected chi connectivity index (χ3v) is 2.68. The smallest absolute Gasteiger partial charge is 0.407 e. The van der Waals surface area contributed by atoms with Crippen LogP contribution in [0.25, 0.3) is 0 Å². The fourth-order valence-electron chi connectivity index (χ4n) is 1.44. The summed E-state index contributed by atoms with van der Waals surface area (Å²) in [6.45, 7) is 5.88. The fourth-order valence-corrected chi connectivity index (χ4v) is 1.56. The molecule has 0 heterocycles. The Morgan fingerprint density at radius 1 is 1.24 bits per heavy atom. The third kappa shape index (κ3) is 6.35. The van der Waals surface area contributed by atoms with E-state index in [9.17, 15) is 9.59 Å². The van der Waals surface area contributed by atoms with Gasteiger partial charge in [0.2, 0.25) is 0 Å². The lowest BCUT2D eigenvalue weighted by molar-refractivity contribution is 0.0526. The number of nitrogens with two attached hydrogens (primary N) is 1. The van der Waals surface area contributed by atoms with Gasteiger partial charge in [-0.2, -0.15) is 0 Å². The van der Waals surface area contributed by atoms with Crippen molar-refractivity contribution in [1.82, 2.24) is 10.6 Å². The highest BCUT2D eigenvalue weighted by Gasteiger charge is 2.15. The number of nitrogen functional groups attached to an aromatic ring is 1. The summed E-state index contributed by atoms with van der Waals surface area (Å²) in [5, 5.41) is 5.60. The molecule has 0 radical (unpaired) electrons. The number of hydrogen-bond donors (Lipinski definition) is 3. The number of rotatable bonds is 4. The van der Waals surface area contributed by atoms with E-state index in [1.54, 1.807) is 32.9 Å². The summed E-state index contributed by atoms with van der Waals surface area (Å²) in [7, 11) is 0. The van der Waals surface area contributed by atoms with Gasteiger partial charge in [0.25, 0.3) is 5.91 Å². The minimum Gasteiger partial charge on any atom is -0.444 e. The normalized spacial score (nSPS) is 10.9. The van der Waals surface area contributed by atoms with E-state index in [0.717, 1.165) is 0 Å². The van der Waals surface area contributed by atoms with Gasteiger partial charge in [0.05, 0.1) is 10.7 Å². The van der Waals surface area contributed by atoms with Gasteiger partial charge in [0.15, 0.2) is 0 Å². The van der Waals surface area contributed by atoms with Crippen LogP contribution in [0.5, 0.6) is 0 Å². The zero-order valence-electron chi connectivity index (χ0n) is 12.3. The minimum absolute atomic E-state index is 0.268. The highest BCUT2D eigenvalue weighted by atomic mass is 35.5. The number of nitrogens with one attached hydrogen (secondary N) is 2. The molecule has 0 aliphatic heterocycles. The maximum Gasteiger partial charge on any atom is 0.407 e. The van der Waals surface area contributed by atoms with Crippen LogP contribution >= 0.6 is 11.6 Å². The summed E-state index contributed by atoms with van der Waals surface area (Å²) in [5.74, 6) is -0.288. The van der Waals surface area contributed by atoms with Gasteiger partial charge in [0, 0.05) is 18.7 Å². The van der Waals surface area contributed by atoms with E-state index in [4.69, 9.17) is 22.1 Å². The monoisotopic (exact) mass is 313 g/mol. The zero-order chi connectivity index (χ0) is 16.0. The average Bonchev–Trinajstić information content (AvgIpc) is 2.35. The lowest BCUT2D eigenvalue weighted by Gasteiger charge is -2.19. The quantitative estimate of drug-likeness (QED) is 0.586. The Hall–Kier alpha value is -1.95. The molecule has 0 bridgehead atoms. The van der Waals surface area contributed by atoms with Crippen LogP contribution in [-0.4, -0.2) is 30.7 Å². The first-order valence-corrected chi connectivity index (χ1v) is 6.87. The van der Waals surface area contributed by atoms with Gasteiger partial charge in [-0.3, -0.25) is 4.79 Å². The Kier molecular flexibility index (Phi) is 5.84. The molecule has 0 spiro atoms. The lowest BCUT2D eigenvalue weighted by Crippen LogP contribution is -2.37. The molecular formula is C14H20ClN3O3. The van der Waals surface area contributed by atoms with E-state index in [-0.39, 0.29) is 19.0 Å². The predicted molar refractivity (Wildman–Crippen MR) is 82.4 cm³/mol. The van der Waals surface area contributed by atoms with Gasteiger partial charge < -0.3 is 21.1 Å². The Balaban J connectivity index is 2.34. The van der Waals surface area contributed by atoms with Crippen molar-refractivity contribution in [3.05, 3.63) is 28.8 Å². The highest BCUT2D eigenvalue weighted by molar-refractivity contribution is 6.33. The predicted octanol–water partition coefficient (Wildman–Crippen LogP) is 2.18. The summed E-state index contributed by atoms with van der Waals surface area (Å²) in [6, 6.07) is 4.64.